The highest BCUT2D eigenvalue weighted by Crippen LogP contribution is 2.13. The summed E-state index contributed by atoms with van der Waals surface area (Å²) < 4.78 is 4.68. The molecule has 2 rings (SSSR count). The van der Waals surface area contributed by atoms with E-state index in [0.29, 0.717) is 11.6 Å². The van der Waals surface area contributed by atoms with E-state index in [4.69, 9.17) is 0 Å². The van der Waals surface area contributed by atoms with Crippen molar-refractivity contribution < 1.29 is 9.53 Å². The highest BCUT2D eigenvalue weighted by atomic mass is 35.5. The zero-order valence-corrected chi connectivity index (χ0v) is 13.5. The number of halogens is 1. The summed E-state index contributed by atoms with van der Waals surface area (Å²) in [6.07, 6.45) is 3.93. The molecule has 1 unspecified atom stereocenters. The first-order chi connectivity index (χ1) is 9.74. The average molecular weight is 314 g/mol. The SMILES string of the molecule is CCCN(Cc1ccc(C(=O)OC)cn1)C1CCNC1.Cl. The molecule has 1 aliphatic rings. The first-order valence-electron chi connectivity index (χ1n) is 7.22. The Bertz CT molecular complexity index is 433. The van der Waals surface area contributed by atoms with Crippen LogP contribution >= 0.6 is 12.4 Å². The van der Waals surface area contributed by atoms with Crippen LogP contribution in [0.15, 0.2) is 18.3 Å². The van der Waals surface area contributed by atoms with E-state index in [0.717, 1.165) is 38.3 Å². The molecule has 1 aromatic heterocycles. The Morgan fingerprint density at radius 1 is 1.52 bits per heavy atom. The van der Waals surface area contributed by atoms with E-state index >= 15 is 0 Å². The van der Waals surface area contributed by atoms with Gasteiger partial charge in [0.2, 0.25) is 0 Å². The molecule has 0 saturated carbocycles. The second-order valence-corrected chi connectivity index (χ2v) is 5.15. The number of carbonyl (C=O) groups excluding carboxylic acids is 1. The number of nitrogens with zero attached hydrogens (tertiary/aromatic N) is 2. The second kappa shape index (κ2) is 8.97. The maximum Gasteiger partial charge on any atom is 0.339 e. The van der Waals surface area contributed by atoms with Crippen LogP contribution in [0.2, 0.25) is 0 Å². The van der Waals surface area contributed by atoms with Crippen LogP contribution in [-0.4, -0.2) is 48.6 Å². The van der Waals surface area contributed by atoms with Crippen molar-refractivity contribution >= 4 is 18.4 Å². The van der Waals surface area contributed by atoms with Gasteiger partial charge in [0.1, 0.15) is 0 Å². The van der Waals surface area contributed by atoms with E-state index in [9.17, 15) is 4.79 Å². The minimum Gasteiger partial charge on any atom is -0.465 e. The Kier molecular flexibility index (Phi) is 7.64. The Hall–Kier alpha value is -1.17. The number of esters is 1. The fourth-order valence-electron chi connectivity index (χ4n) is 2.59. The molecule has 0 radical (unpaired) electrons. The molecule has 0 spiro atoms. The fraction of sp³-hybridized carbons (Fsp3) is 0.600. The Morgan fingerprint density at radius 2 is 2.33 bits per heavy atom. The van der Waals surface area contributed by atoms with Crippen LogP contribution in [0.1, 0.15) is 35.8 Å². The van der Waals surface area contributed by atoms with Gasteiger partial charge in [-0.3, -0.25) is 9.88 Å². The van der Waals surface area contributed by atoms with Crippen LogP contribution in [0.3, 0.4) is 0 Å². The highest BCUT2D eigenvalue weighted by molar-refractivity contribution is 5.88. The van der Waals surface area contributed by atoms with Gasteiger partial charge in [-0.2, -0.15) is 0 Å². The lowest BCUT2D eigenvalue weighted by atomic mass is 10.2. The third-order valence-electron chi connectivity index (χ3n) is 3.67. The normalized spacial score (nSPS) is 17.6. The number of pyridine rings is 1. The molecule has 1 aliphatic heterocycles. The first kappa shape index (κ1) is 17.9. The van der Waals surface area contributed by atoms with Gasteiger partial charge in [-0.05, 0) is 38.1 Å². The van der Waals surface area contributed by atoms with Gasteiger partial charge in [0.05, 0.1) is 18.4 Å². The number of carbonyl (C=O) groups is 1. The number of aromatic nitrogens is 1. The zero-order valence-electron chi connectivity index (χ0n) is 12.7. The van der Waals surface area contributed by atoms with Crippen molar-refractivity contribution in [3.63, 3.8) is 0 Å². The molecule has 0 aromatic carbocycles. The Balaban J connectivity index is 0.00000220. The van der Waals surface area contributed by atoms with Gasteiger partial charge in [0.25, 0.3) is 0 Å². The van der Waals surface area contributed by atoms with Gasteiger partial charge in [0.15, 0.2) is 0 Å². The van der Waals surface area contributed by atoms with Crippen molar-refractivity contribution in [2.75, 3.05) is 26.7 Å². The van der Waals surface area contributed by atoms with Crippen molar-refractivity contribution in [2.45, 2.75) is 32.4 Å². The van der Waals surface area contributed by atoms with Crippen LogP contribution in [0, 0.1) is 0 Å². The summed E-state index contributed by atoms with van der Waals surface area (Å²) in [4.78, 5) is 18.2. The molecule has 118 valence electrons. The number of hydrogen-bond donors (Lipinski definition) is 1. The molecule has 5 nitrogen and oxygen atoms in total. The lowest BCUT2D eigenvalue weighted by molar-refractivity contribution is 0.0600. The van der Waals surface area contributed by atoms with Gasteiger partial charge >= 0.3 is 5.97 Å². The topological polar surface area (TPSA) is 54.5 Å². The number of hydrogen-bond acceptors (Lipinski definition) is 5. The van der Waals surface area contributed by atoms with Gasteiger partial charge in [0, 0.05) is 25.3 Å². The summed E-state index contributed by atoms with van der Waals surface area (Å²) in [6, 6.07) is 4.29. The Labute approximate surface area is 132 Å². The zero-order chi connectivity index (χ0) is 14.4. The molecule has 2 heterocycles. The maximum atomic E-state index is 11.4. The molecule has 1 saturated heterocycles. The highest BCUT2D eigenvalue weighted by Gasteiger charge is 2.22. The van der Waals surface area contributed by atoms with Gasteiger partial charge in [-0.25, -0.2) is 4.79 Å². The van der Waals surface area contributed by atoms with E-state index in [-0.39, 0.29) is 18.4 Å². The smallest absolute Gasteiger partial charge is 0.339 e. The quantitative estimate of drug-likeness (QED) is 0.813. The minimum absolute atomic E-state index is 0. The molecule has 0 bridgehead atoms. The lowest BCUT2D eigenvalue weighted by Gasteiger charge is -2.27. The predicted molar refractivity (Wildman–Crippen MR) is 84.8 cm³/mol. The number of ether oxygens (including phenoxy) is 1. The number of methoxy groups -OCH3 is 1. The summed E-state index contributed by atoms with van der Waals surface area (Å²) in [5, 5.41) is 3.41. The molecule has 0 aliphatic carbocycles. The summed E-state index contributed by atoms with van der Waals surface area (Å²) in [5.74, 6) is -0.338. The van der Waals surface area contributed by atoms with Gasteiger partial charge < -0.3 is 10.1 Å². The lowest BCUT2D eigenvalue weighted by Crippen LogP contribution is -2.37. The molecule has 1 fully saturated rings. The van der Waals surface area contributed by atoms with Crippen molar-refractivity contribution in [2.24, 2.45) is 0 Å². The first-order valence-corrected chi connectivity index (χ1v) is 7.22. The van der Waals surface area contributed by atoms with Crippen LogP contribution in [0.5, 0.6) is 0 Å². The van der Waals surface area contributed by atoms with Crippen LogP contribution < -0.4 is 5.32 Å². The summed E-state index contributed by atoms with van der Waals surface area (Å²) in [5.41, 5.74) is 1.50. The van der Waals surface area contributed by atoms with Crippen molar-refractivity contribution in [1.82, 2.24) is 15.2 Å². The monoisotopic (exact) mass is 313 g/mol. The molecular weight excluding hydrogens is 290 g/mol. The second-order valence-electron chi connectivity index (χ2n) is 5.15. The number of nitrogens with one attached hydrogen (secondary N) is 1. The molecule has 0 amide bonds. The molecule has 21 heavy (non-hydrogen) atoms. The van der Waals surface area contributed by atoms with Crippen molar-refractivity contribution in [1.29, 1.82) is 0 Å². The summed E-state index contributed by atoms with van der Waals surface area (Å²) >= 11 is 0. The Morgan fingerprint density at radius 3 is 2.86 bits per heavy atom. The van der Waals surface area contributed by atoms with Gasteiger partial charge in [-0.15, -0.1) is 12.4 Å². The van der Waals surface area contributed by atoms with E-state index in [1.54, 1.807) is 12.3 Å². The third kappa shape index (κ3) is 4.95. The predicted octanol–water partition coefficient (Wildman–Crippen LogP) is 1.86. The molecular formula is C15H24ClN3O2. The third-order valence-corrected chi connectivity index (χ3v) is 3.67. The maximum absolute atomic E-state index is 11.4. The molecule has 1 atom stereocenters. The standard InChI is InChI=1S/C15H23N3O2.ClH/c1-3-8-18(14-6-7-16-10-14)11-13-5-4-12(9-17-13)15(19)20-2;/h4-5,9,14,16H,3,6-8,10-11H2,1-2H3;1H. The number of rotatable bonds is 6. The molecule has 6 heteroatoms. The summed E-state index contributed by atoms with van der Waals surface area (Å²) in [7, 11) is 1.38. The van der Waals surface area contributed by atoms with Crippen LogP contribution in [-0.2, 0) is 11.3 Å². The fourth-order valence-corrected chi connectivity index (χ4v) is 2.59. The van der Waals surface area contributed by atoms with Gasteiger partial charge in [-0.1, -0.05) is 6.92 Å². The van der Waals surface area contributed by atoms with E-state index in [1.807, 2.05) is 6.07 Å². The van der Waals surface area contributed by atoms with E-state index in [1.165, 1.54) is 13.5 Å². The summed E-state index contributed by atoms with van der Waals surface area (Å²) in [6.45, 7) is 6.26. The van der Waals surface area contributed by atoms with Crippen molar-refractivity contribution in [3.8, 4) is 0 Å². The minimum atomic E-state index is -0.338. The molecule has 1 N–H and O–H groups in total. The van der Waals surface area contributed by atoms with Crippen LogP contribution in [0.4, 0.5) is 0 Å². The van der Waals surface area contributed by atoms with Crippen molar-refractivity contribution in [3.05, 3.63) is 29.6 Å². The largest absolute Gasteiger partial charge is 0.465 e. The average Bonchev–Trinajstić information content (AvgIpc) is 3.01. The van der Waals surface area contributed by atoms with E-state index in [2.05, 4.69) is 26.9 Å². The molecule has 1 aromatic rings. The van der Waals surface area contributed by atoms with Crippen LogP contribution in [0.25, 0.3) is 0 Å². The van der Waals surface area contributed by atoms with E-state index < -0.39 is 0 Å².